The molecule has 1 aromatic carbocycles. The summed E-state index contributed by atoms with van der Waals surface area (Å²) in [4.78, 5) is 16.2. The van der Waals surface area contributed by atoms with E-state index in [9.17, 15) is 4.79 Å². The van der Waals surface area contributed by atoms with Crippen molar-refractivity contribution in [2.24, 2.45) is 5.73 Å². The Hall–Kier alpha value is -1.89. The number of benzene rings is 1. The summed E-state index contributed by atoms with van der Waals surface area (Å²) in [5.41, 5.74) is 7.19. The fourth-order valence-electron chi connectivity index (χ4n) is 2.51. The molecular weight excluding hydrogens is 318 g/mol. The lowest BCUT2D eigenvalue weighted by molar-refractivity contribution is -0.126. The molecule has 0 radical (unpaired) electrons. The average molecular weight is 338 g/mol. The predicted molar refractivity (Wildman–Crippen MR) is 89.5 cm³/mol. The van der Waals surface area contributed by atoms with Gasteiger partial charge in [-0.25, -0.2) is 4.98 Å². The number of aromatic nitrogens is 1. The summed E-state index contributed by atoms with van der Waals surface area (Å²) in [5, 5.41) is 2.86. The van der Waals surface area contributed by atoms with E-state index in [4.69, 9.17) is 14.9 Å². The van der Waals surface area contributed by atoms with Gasteiger partial charge in [0.2, 0.25) is 0 Å². The second-order valence-corrected chi connectivity index (χ2v) is 5.37. The zero-order chi connectivity index (χ0) is 15.5. The number of hydrogen-bond donors (Lipinski definition) is 2. The second-order valence-electron chi connectivity index (χ2n) is 5.37. The van der Waals surface area contributed by atoms with E-state index in [1.54, 1.807) is 13.1 Å². The summed E-state index contributed by atoms with van der Waals surface area (Å²) < 4.78 is 11.0. The van der Waals surface area contributed by atoms with E-state index in [2.05, 4.69) is 10.3 Å². The van der Waals surface area contributed by atoms with Crippen LogP contribution < -0.4 is 11.1 Å². The number of carbonyl (C=O) groups excluding carboxylic acids is 1. The van der Waals surface area contributed by atoms with Crippen molar-refractivity contribution in [2.75, 3.05) is 11.9 Å². The van der Waals surface area contributed by atoms with Crippen LogP contribution in [0.25, 0.3) is 11.3 Å². The van der Waals surface area contributed by atoms with E-state index in [1.807, 2.05) is 24.3 Å². The number of oxazole rings is 1. The van der Waals surface area contributed by atoms with Gasteiger partial charge in [-0.05, 0) is 37.1 Å². The maximum Gasteiger partial charge on any atom is 0.253 e. The Labute approximate surface area is 140 Å². The normalized spacial score (nSPS) is 20.1. The topological polar surface area (TPSA) is 90.4 Å². The van der Waals surface area contributed by atoms with Crippen molar-refractivity contribution < 1.29 is 13.9 Å². The minimum atomic E-state index is -0.412. The van der Waals surface area contributed by atoms with E-state index >= 15 is 0 Å². The van der Waals surface area contributed by atoms with Gasteiger partial charge in [0, 0.05) is 24.7 Å². The Morgan fingerprint density at radius 1 is 1.35 bits per heavy atom. The van der Waals surface area contributed by atoms with E-state index in [-0.39, 0.29) is 24.4 Å². The van der Waals surface area contributed by atoms with Crippen LogP contribution in [-0.4, -0.2) is 29.6 Å². The summed E-state index contributed by atoms with van der Waals surface area (Å²) in [6, 6.07) is 7.43. The van der Waals surface area contributed by atoms with Crippen molar-refractivity contribution in [3.8, 4) is 11.3 Å². The van der Waals surface area contributed by atoms with E-state index in [1.165, 1.54) is 0 Å². The van der Waals surface area contributed by atoms with Gasteiger partial charge >= 0.3 is 0 Å². The van der Waals surface area contributed by atoms with Crippen LogP contribution in [0.4, 0.5) is 5.69 Å². The van der Waals surface area contributed by atoms with Crippen molar-refractivity contribution in [1.82, 2.24) is 4.98 Å². The monoisotopic (exact) mass is 337 g/mol. The molecule has 1 aliphatic rings. The third-order valence-corrected chi connectivity index (χ3v) is 3.72. The van der Waals surface area contributed by atoms with Crippen molar-refractivity contribution in [3.05, 3.63) is 36.4 Å². The largest absolute Gasteiger partial charge is 0.441 e. The molecule has 0 aliphatic carbocycles. The first-order valence-electron chi connectivity index (χ1n) is 7.35. The van der Waals surface area contributed by atoms with Crippen LogP contribution in [0.2, 0.25) is 0 Å². The Balaban J connectivity index is 0.00000192. The van der Waals surface area contributed by atoms with Gasteiger partial charge in [-0.3, -0.25) is 4.79 Å². The maximum absolute atomic E-state index is 12.1. The number of nitrogens with zero attached hydrogens (tertiary/aromatic N) is 1. The molecule has 23 heavy (non-hydrogen) atoms. The third-order valence-electron chi connectivity index (χ3n) is 3.72. The number of hydrogen-bond acceptors (Lipinski definition) is 5. The maximum atomic E-state index is 12.1. The van der Waals surface area contributed by atoms with Crippen LogP contribution in [0.3, 0.4) is 0 Å². The standard InChI is InChI=1S/C16H19N3O3.ClH/c1-10-18-9-15(21-10)11-2-4-12(5-3-11)19-16(20)14-7-6-13(8-17)22-14;/h2-5,9,13-14H,6-8,17H2,1H3,(H,19,20);1H/t13-,14+;/m1./s1. The van der Waals surface area contributed by atoms with E-state index in [0.717, 1.165) is 17.7 Å². The molecule has 6 nitrogen and oxygen atoms in total. The fourth-order valence-corrected chi connectivity index (χ4v) is 2.51. The van der Waals surface area contributed by atoms with Crippen molar-refractivity contribution in [2.45, 2.75) is 32.0 Å². The summed E-state index contributed by atoms with van der Waals surface area (Å²) in [5.74, 6) is 1.21. The van der Waals surface area contributed by atoms with Crippen LogP contribution in [0.1, 0.15) is 18.7 Å². The summed E-state index contributed by atoms with van der Waals surface area (Å²) in [7, 11) is 0. The van der Waals surface area contributed by atoms with Gasteiger partial charge in [-0.2, -0.15) is 0 Å². The SMILES string of the molecule is Cc1ncc(-c2ccc(NC(=O)[C@@H]3CC[C@H](CN)O3)cc2)o1.Cl. The van der Waals surface area contributed by atoms with Crippen LogP contribution in [0.5, 0.6) is 0 Å². The minimum Gasteiger partial charge on any atom is -0.441 e. The molecule has 1 amide bonds. The lowest BCUT2D eigenvalue weighted by atomic mass is 10.1. The fraction of sp³-hybridized carbons (Fsp3) is 0.375. The number of anilines is 1. The summed E-state index contributed by atoms with van der Waals surface area (Å²) in [6.07, 6.45) is 2.81. The second kappa shape index (κ2) is 7.59. The Morgan fingerprint density at radius 2 is 2.09 bits per heavy atom. The van der Waals surface area contributed by atoms with Crippen molar-refractivity contribution in [1.29, 1.82) is 0 Å². The van der Waals surface area contributed by atoms with E-state index < -0.39 is 6.10 Å². The first-order chi connectivity index (χ1) is 10.7. The lowest BCUT2D eigenvalue weighted by Crippen LogP contribution is -2.29. The zero-order valence-corrected chi connectivity index (χ0v) is 13.6. The predicted octanol–water partition coefficient (Wildman–Crippen LogP) is 2.52. The van der Waals surface area contributed by atoms with Crippen molar-refractivity contribution in [3.63, 3.8) is 0 Å². The molecule has 1 fully saturated rings. The molecular formula is C16H20ClN3O3. The van der Waals surface area contributed by atoms with Crippen LogP contribution in [0.15, 0.2) is 34.9 Å². The number of carbonyl (C=O) groups is 1. The van der Waals surface area contributed by atoms with Gasteiger partial charge in [-0.1, -0.05) is 0 Å². The summed E-state index contributed by atoms with van der Waals surface area (Å²) >= 11 is 0. The molecule has 0 bridgehead atoms. The molecule has 7 heteroatoms. The number of nitrogens with two attached hydrogens (primary N) is 1. The Morgan fingerprint density at radius 3 is 2.65 bits per heavy atom. The molecule has 3 rings (SSSR count). The molecule has 3 N–H and O–H groups in total. The quantitative estimate of drug-likeness (QED) is 0.894. The highest BCUT2D eigenvalue weighted by Gasteiger charge is 2.29. The minimum absolute atomic E-state index is 0. The molecule has 1 saturated heterocycles. The number of halogens is 1. The molecule has 2 heterocycles. The lowest BCUT2D eigenvalue weighted by Gasteiger charge is -2.12. The molecule has 124 valence electrons. The average Bonchev–Trinajstić information content (AvgIpc) is 3.17. The van der Waals surface area contributed by atoms with Gasteiger partial charge < -0.3 is 20.2 Å². The Kier molecular flexibility index (Phi) is 5.76. The van der Waals surface area contributed by atoms with Gasteiger partial charge in [0.1, 0.15) is 6.10 Å². The van der Waals surface area contributed by atoms with Crippen LogP contribution in [0, 0.1) is 6.92 Å². The number of amides is 1. The van der Waals surface area contributed by atoms with Gasteiger partial charge in [0.15, 0.2) is 11.7 Å². The van der Waals surface area contributed by atoms with Gasteiger partial charge in [0.25, 0.3) is 5.91 Å². The molecule has 2 atom stereocenters. The molecule has 0 saturated carbocycles. The van der Waals surface area contributed by atoms with E-state index in [0.29, 0.717) is 24.6 Å². The van der Waals surface area contributed by atoms with Crippen molar-refractivity contribution >= 4 is 24.0 Å². The number of ether oxygens (including phenoxy) is 1. The first-order valence-corrected chi connectivity index (χ1v) is 7.35. The van der Waals surface area contributed by atoms with Gasteiger partial charge in [-0.15, -0.1) is 12.4 Å². The highest BCUT2D eigenvalue weighted by atomic mass is 35.5. The third kappa shape index (κ3) is 4.10. The molecule has 1 aliphatic heterocycles. The number of aryl methyl sites for hydroxylation is 1. The molecule has 0 spiro atoms. The highest BCUT2D eigenvalue weighted by molar-refractivity contribution is 5.94. The van der Waals surface area contributed by atoms with Crippen LogP contribution in [-0.2, 0) is 9.53 Å². The first kappa shape index (κ1) is 17.5. The zero-order valence-electron chi connectivity index (χ0n) is 12.8. The highest BCUT2D eigenvalue weighted by Crippen LogP contribution is 2.23. The number of rotatable bonds is 4. The molecule has 1 aromatic heterocycles. The van der Waals surface area contributed by atoms with Crippen LogP contribution >= 0.6 is 12.4 Å². The molecule has 0 unspecified atom stereocenters. The van der Waals surface area contributed by atoms with Gasteiger partial charge in [0.05, 0.1) is 12.3 Å². The Bertz CT molecular complexity index is 657. The molecule has 2 aromatic rings. The number of nitrogens with one attached hydrogen (secondary N) is 1. The smallest absolute Gasteiger partial charge is 0.253 e. The summed E-state index contributed by atoms with van der Waals surface area (Å²) in [6.45, 7) is 2.25.